The maximum atomic E-state index is 10.8. The highest BCUT2D eigenvalue weighted by atomic mass is 16.5. The van der Waals surface area contributed by atoms with Crippen LogP contribution in [0.2, 0.25) is 0 Å². The first-order valence-electron chi connectivity index (χ1n) is 10.2. The van der Waals surface area contributed by atoms with Crippen molar-refractivity contribution in [3.8, 4) is 0 Å². The van der Waals surface area contributed by atoms with Crippen LogP contribution in [-0.4, -0.2) is 26.2 Å². The highest BCUT2D eigenvalue weighted by molar-refractivity contribution is 5.71. The van der Waals surface area contributed by atoms with Crippen molar-refractivity contribution >= 4 is 5.97 Å². The third kappa shape index (κ3) is 21.1. The molecule has 0 amide bonds. The molecule has 0 aliphatic rings. The van der Waals surface area contributed by atoms with Gasteiger partial charge in [0, 0.05) is 1.37 Å². The number of hydrogen-bond acceptors (Lipinski definition) is 4. The number of hydrogen-bond donors (Lipinski definition) is 0. The van der Waals surface area contributed by atoms with Crippen LogP contribution in [0.3, 0.4) is 0 Å². The van der Waals surface area contributed by atoms with Crippen LogP contribution in [0.5, 0.6) is 0 Å². The summed E-state index contributed by atoms with van der Waals surface area (Å²) in [5.41, 5.74) is 0. The number of esters is 1. The lowest BCUT2D eigenvalue weighted by Crippen LogP contribution is -2.03. The Kier molecular flexibility index (Phi) is 20.2. The van der Waals surface area contributed by atoms with E-state index in [1.165, 1.54) is 91.6 Å². The molecule has 0 aliphatic heterocycles. The van der Waals surface area contributed by atoms with Gasteiger partial charge in [0.1, 0.15) is 0 Å². The zero-order valence-electron chi connectivity index (χ0n) is 16.8. The molecule has 4 nitrogen and oxygen atoms in total. The molecule has 138 valence electrons. The zero-order chi connectivity index (χ0) is 18.3. The van der Waals surface area contributed by atoms with E-state index in [-0.39, 0.29) is 12.5 Å². The van der Waals surface area contributed by atoms with Crippen LogP contribution in [0.1, 0.15) is 99.2 Å². The van der Waals surface area contributed by atoms with Crippen molar-refractivity contribution in [1.29, 1.82) is 0 Å². The summed E-state index contributed by atoms with van der Waals surface area (Å²) in [6, 6.07) is 0. The maximum Gasteiger partial charge on any atom is 0.329 e. The molecule has 0 spiro atoms. The molecule has 0 aromatic heterocycles. The van der Waals surface area contributed by atoms with Gasteiger partial charge in [0.05, 0.1) is 13.7 Å². The van der Waals surface area contributed by atoms with Crippen LogP contribution in [0, 0.1) is 0 Å². The Bertz CT molecular complexity index is 274. The summed E-state index contributed by atoms with van der Waals surface area (Å²) < 4.78 is 10.2. The summed E-state index contributed by atoms with van der Waals surface area (Å²) in [5, 5.41) is 7.76. The zero-order valence-corrected chi connectivity index (χ0v) is 15.8. The summed E-state index contributed by atoms with van der Waals surface area (Å²) >= 11 is 0. The number of methoxy groups -OCH3 is 1. The van der Waals surface area contributed by atoms with Gasteiger partial charge in [-0.3, -0.25) is 0 Å². The second-order valence-corrected chi connectivity index (χ2v) is 5.98. The molecule has 0 rings (SSSR count). The molecule has 0 radical (unpaired) electrons. The monoisotopic (exact) mass is 329 g/mol. The first-order chi connectivity index (χ1) is 11.8. The Morgan fingerprint density at radius 2 is 1.26 bits per heavy atom. The van der Waals surface area contributed by atoms with Crippen molar-refractivity contribution in [2.45, 2.75) is 97.8 Å². The molecule has 0 aromatic rings. The van der Waals surface area contributed by atoms with Crippen LogP contribution in [0.15, 0.2) is 10.2 Å². The van der Waals surface area contributed by atoms with E-state index >= 15 is 0 Å². The largest absolute Gasteiger partial charge is 0.468 e. The van der Waals surface area contributed by atoms with E-state index in [4.69, 9.17) is 1.37 Å². The predicted molar refractivity (Wildman–Crippen MR) is 99.0 cm³/mol. The lowest BCUT2D eigenvalue weighted by Gasteiger charge is -2.02. The van der Waals surface area contributed by atoms with E-state index in [1.807, 2.05) is 0 Å². The third-order valence-electron chi connectivity index (χ3n) is 3.89. The Morgan fingerprint density at radius 1 is 0.826 bits per heavy atom. The highest BCUT2D eigenvalue weighted by Gasteiger charge is 1.96. The molecule has 0 saturated heterocycles. The molecule has 0 heterocycles. The van der Waals surface area contributed by atoms with Crippen molar-refractivity contribution in [3.63, 3.8) is 0 Å². The number of carbonyl (C=O) groups excluding carboxylic acids is 1. The summed E-state index contributed by atoms with van der Waals surface area (Å²) in [4.78, 5) is 10.8. The minimum Gasteiger partial charge on any atom is -0.468 e. The normalized spacial score (nSPS) is 11.0. The lowest BCUT2D eigenvalue weighted by molar-refractivity contribution is -0.138. The van der Waals surface area contributed by atoms with E-state index in [0.29, 0.717) is 0 Å². The fourth-order valence-corrected chi connectivity index (χ4v) is 2.44. The quantitative estimate of drug-likeness (QED) is 0.188. The van der Waals surface area contributed by atoms with Crippen LogP contribution in [0.25, 0.3) is 0 Å². The molecule has 4 heteroatoms. The van der Waals surface area contributed by atoms with Gasteiger partial charge in [0.2, 0.25) is 0 Å². The number of ether oxygens (including phenoxy) is 1. The number of unbranched alkanes of at least 4 members (excludes halogenated alkanes) is 12. The number of azo groups is 1. The average Bonchev–Trinajstić information content (AvgIpc) is 2.62. The first-order valence-corrected chi connectivity index (χ1v) is 9.21. The van der Waals surface area contributed by atoms with Gasteiger partial charge in [-0.25, -0.2) is 4.79 Å². The molecule has 0 unspecified atom stereocenters. The second kappa shape index (κ2) is 21.1. The molecule has 0 atom stereocenters. The average molecular weight is 330 g/mol. The van der Waals surface area contributed by atoms with Crippen LogP contribution in [-0.2, 0) is 9.53 Å². The van der Waals surface area contributed by atoms with E-state index < -0.39 is 0 Å². The molecule has 0 aromatic carbocycles. The molecule has 23 heavy (non-hydrogen) atoms. The molecule has 0 fully saturated rings. The van der Waals surface area contributed by atoms with Gasteiger partial charge in [-0.05, 0) is 6.42 Å². The van der Waals surface area contributed by atoms with E-state index in [1.54, 1.807) is 0 Å². The van der Waals surface area contributed by atoms with Gasteiger partial charge >= 0.3 is 5.97 Å². The van der Waals surface area contributed by atoms with Crippen molar-refractivity contribution < 1.29 is 10.9 Å². The standard InChI is InChI=1S/C18H36N2O2.CH4/c1-3-4-5-6-7-8-9-10-11-12-13-14-15-16-19-20-17-18(21)22-2;/h3-17H2,1-2H3;1H4/i;1D. The van der Waals surface area contributed by atoms with E-state index in [9.17, 15) is 4.79 Å². The van der Waals surface area contributed by atoms with Gasteiger partial charge < -0.3 is 4.74 Å². The Hall–Kier alpha value is -0.930. The van der Waals surface area contributed by atoms with E-state index in [2.05, 4.69) is 21.9 Å². The predicted octanol–water partition coefficient (Wildman–Crippen LogP) is 6.34. The maximum absolute atomic E-state index is 10.8. The van der Waals surface area contributed by atoms with Crippen LogP contribution >= 0.6 is 0 Å². The fourth-order valence-electron chi connectivity index (χ4n) is 2.44. The van der Waals surface area contributed by atoms with Crippen molar-refractivity contribution in [1.82, 2.24) is 0 Å². The summed E-state index contributed by atoms with van der Waals surface area (Å²) in [5.74, 6) is -0.325. The molecule has 0 bridgehead atoms. The van der Waals surface area contributed by atoms with Crippen LogP contribution in [0.4, 0.5) is 0 Å². The molecule has 0 aliphatic carbocycles. The first kappa shape index (κ1) is 22.1. The van der Waals surface area contributed by atoms with Gasteiger partial charge in [-0.2, -0.15) is 10.2 Å². The van der Waals surface area contributed by atoms with Gasteiger partial charge in [0.15, 0.2) is 6.54 Å². The Labute approximate surface area is 145 Å². The van der Waals surface area contributed by atoms with Crippen molar-refractivity contribution in [2.75, 3.05) is 20.2 Å². The summed E-state index contributed by atoms with van der Waals surface area (Å²) in [6.07, 6.45) is 17.6. The topological polar surface area (TPSA) is 51.0 Å². The third-order valence-corrected chi connectivity index (χ3v) is 3.89. The SMILES string of the molecule is CCCCCCCCCCCCCCCN=NCC(=O)OC.[2H]C. The molecular weight excluding hydrogens is 288 g/mol. The Balaban J connectivity index is 0. The second-order valence-electron chi connectivity index (χ2n) is 5.98. The van der Waals surface area contributed by atoms with Gasteiger partial charge in [-0.15, -0.1) is 0 Å². The number of carbonyl (C=O) groups is 1. The lowest BCUT2D eigenvalue weighted by atomic mass is 10.0. The molecular formula is C19H40N2O2. The minimum absolute atomic E-state index is 0.0505. The smallest absolute Gasteiger partial charge is 0.329 e. The summed E-state index contributed by atoms with van der Waals surface area (Å²) in [6.45, 7) is 3.05. The fraction of sp³-hybridized carbons (Fsp3) is 0.947. The minimum atomic E-state index is -0.325. The van der Waals surface area contributed by atoms with E-state index in [0.717, 1.165) is 13.0 Å². The molecule has 0 saturated carbocycles. The van der Waals surface area contributed by atoms with Crippen molar-refractivity contribution in [2.24, 2.45) is 10.2 Å². The number of rotatable bonds is 16. The summed E-state index contributed by atoms with van der Waals surface area (Å²) in [7, 11) is 2.62. The Morgan fingerprint density at radius 3 is 1.70 bits per heavy atom. The van der Waals surface area contributed by atoms with Gasteiger partial charge in [-0.1, -0.05) is 91.4 Å². The number of nitrogens with zero attached hydrogens (tertiary/aromatic N) is 2. The van der Waals surface area contributed by atoms with Gasteiger partial charge in [0.25, 0.3) is 0 Å². The molecule has 0 N–H and O–H groups in total. The highest BCUT2D eigenvalue weighted by Crippen LogP contribution is 2.12. The van der Waals surface area contributed by atoms with Crippen LogP contribution < -0.4 is 0 Å². The van der Waals surface area contributed by atoms with Crippen molar-refractivity contribution in [3.05, 3.63) is 0 Å².